The highest BCUT2D eigenvalue weighted by atomic mass is 14.5. The second-order valence-electron chi connectivity index (χ2n) is 3.83. The zero-order valence-corrected chi connectivity index (χ0v) is 9.15. The average Bonchev–Trinajstić information content (AvgIpc) is 2.16. The van der Waals surface area contributed by atoms with Crippen molar-refractivity contribution in [2.75, 3.05) is 6.54 Å². The number of rotatable bonds is 9. The third kappa shape index (κ3) is 9.62. The van der Waals surface area contributed by atoms with Gasteiger partial charge in [-0.25, -0.2) is 0 Å². The molecule has 13 heavy (non-hydrogen) atoms. The first-order valence-electron chi connectivity index (χ1n) is 5.68. The molecule has 0 radical (unpaired) electrons. The fraction of sp³-hybridized carbons (Fsp3) is 0.833. The van der Waals surface area contributed by atoms with Crippen LogP contribution in [0.15, 0.2) is 12.2 Å². The molecule has 0 aliphatic carbocycles. The summed E-state index contributed by atoms with van der Waals surface area (Å²) in [4.78, 5) is 0. The minimum Gasteiger partial charge on any atom is -0.327 e. The van der Waals surface area contributed by atoms with Crippen LogP contribution in [0.2, 0.25) is 0 Å². The van der Waals surface area contributed by atoms with E-state index in [2.05, 4.69) is 13.5 Å². The maximum atomic E-state index is 5.45. The van der Waals surface area contributed by atoms with Crippen LogP contribution in [0.3, 0.4) is 0 Å². The summed E-state index contributed by atoms with van der Waals surface area (Å²) in [5.74, 6) is 0. The molecule has 0 spiro atoms. The quantitative estimate of drug-likeness (QED) is 0.428. The topological polar surface area (TPSA) is 26.0 Å². The lowest BCUT2D eigenvalue weighted by atomic mass is 10.1. The molecule has 1 heteroatoms. The highest BCUT2D eigenvalue weighted by Crippen LogP contribution is 2.10. The first kappa shape index (κ1) is 12.7. The van der Waals surface area contributed by atoms with Crippen molar-refractivity contribution in [2.45, 2.75) is 58.3 Å². The highest BCUT2D eigenvalue weighted by Gasteiger charge is 1.92. The average molecular weight is 183 g/mol. The van der Waals surface area contributed by atoms with Crippen LogP contribution in [0.4, 0.5) is 0 Å². The molecule has 0 aromatic heterocycles. The van der Waals surface area contributed by atoms with Gasteiger partial charge in [0.1, 0.15) is 0 Å². The summed E-state index contributed by atoms with van der Waals surface area (Å²) in [7, 11) is 0. The Morgan fingerprint density at radius 1 is 1.00 bits per heavy atom. The van der Waals surface area contributed by atoms with E-state index in [1.807, 2.05) is 0 Å². The Bertz CT molecular complexity index is 118. The molecule has 78 valence electrons. The summed E-state index contributed by atoms with van der Waals surface area (Å²) in [5.41, 5.74) is 6.66. The summed E-state index contributed by atoms with van der Waals surface area (Å²) in [6.07, 6.45) is 10.7. The number of hydrogen-bond acceptors (Lipinski definition) is 1. The van der Waals surface area contributed by atoms with Crippen molar-refractivity contribution >= 4 is 0 Å². The predicted octanol–water partition coefficient (Wildman–Crippen LogP) is 3.64. The largest absolute Gasteiger partial charge is 0.327 e. The van der Waals surface area contributed by atoms with E-state index in [-0.39, 0.29) is 0 Å². The SMILES string of the molecule is C=C(CN)CCCCCCCCC. The van der Waals surface area contributed by atoms with Gasteiger partial charge in [0.25, 0.3) is 0 Å². The Morgan fingerprint density at radius 3 is 2.08 bits per heavy atom. The van der Waals surface area contributed by atoms with Crippen LogP contribution in [-0.4, -0.2) is 6.54 Å². The normalized spacial score (nSPS) is 10.3. The van der Waals surface area contributed by atoms with Gasteiger partial charge in [0, 0.05) is 6.54 Å². The van der Waals surface area contributed by atoms with Gasteiger partial charge in [0.05, 0.1) is 0 Å². The van der Waals surface area contributed by atoms with E-state index in [0.717, 1.165) is 6.42 Å². The van der Waals surface area contributed by atoms with E-state index in [0.29, 0.717) is 6.54 Å². The van der Waals surface area contributed by atoms with Crippen molar-refractivity contribution in [2.24, 2.45) is 5.73 Å². The third-order valence-electron chi connectivity index (χ3n) is 2.42. The van der Waals surface area contributed by atoms with E-state index >= 15 is 0 Å². The van der Waals surface area contributed by atoms with Gasteiger partial charge >= 0.3 is 0 Å². The number of unbranched alkanes of at least 4 members (excludes halogenated alkanes) is 6. The molecule has 0 aromatic carbocycles. The van der Waals surface area contributed by atoms with Gasteiger partial charge in [-0.1, -0.05) is 57.6 Å². The Kier molecular flexibility index (Phi) is 9.56. The third-order valence-corrected chi connectivity index (χ3v) is 2.42. The van der Waals surface area contributed by atoms with Crippen LogP contribution in [-0.2, 0) is 0 Å². The maximum Gasteiger partial charge on any atom is 0.0134 e. The van der Waals surface area contributed by atoms with Gasteiger partial charge in [-0.15, -0.1) is 0 Å². The molecule has 0 rings (SSSR count). The molecular weight excluding hydrogens is 158 g/mol. The van der Waals surface area contributed by atoms with E-state index in [4.69, 9.17) is 5.73 Å². The number of hydrogen-bond donors (Lipinski definition) is 1. The lowest BCUT2D eigenvalue weighted by molar-refractivity contribution is 0.587. The van der Waals surface area contributed by atoms with Gasteiger partial charge < -0.3 is 5.73 Å². The first-order valence-corrected chi connectivity index (χ1v) is 5.68. The predicted molar refractivity (Wildman–Crippen MR) is 60.8 cm³/mol. The zero-order chi connectivity index (χ0) is 9.94. The Balaban J connectivity index is 2.95. The van der Waals surface area contributed by atoms with Gasteiger partial charge in [0.2, 0.25) is 0 Å². The molecule has 0 unspecified atom stereocenters. The summed E-state index contributed by atoms with van der Waals surface area (Å²) >= 11 is 0. The molecule has 0 saturated carbocycles. The molecule has 0 fully saturated rings. The van der Waals surface area contributed by atoms with Crippen molar-refractivity contribution in [3.63, 3.8) is 0 Å². The summed E-state index contributed by atoms with van der Waals surface area (Å²) in [6, 6.07) is 0. The van der Waals surface area contributed by atoms with Crippen molar-refractivity contribution in [1.29, 1.82) is 0 Å². The van der Waals surface area contributed by atoms with E-state index in [1.54, 1.807) is 0 Å². The van der Waals surface area contributed by atoms with Crippen LogP contribution in [0.1, 0.15) is 58.3 Å². The van der Waals surface area contributed by atoms with Crippen LogP contribution >= 0.6 is 0 Å². The van der Waals surface area contributed by atoms with Crippen LogP contribution < -0.4 is 5.73 Å². The Hall–Kier alpha value is -0.300. The zero-order valence-electron chi connectivity index (χ0n) is 9.15. The fourth-order valence-corrected chi connectivity index (χ4v) is 1.43. The summed E-state index contributed by atoms with van der Waals surface area (Å²) < 4.78 is 0. The second kappa shape index (κ2) is 9.79. The standard InChI is InChI=1S/C12H25N/c1-3-4-5-6-7-8-9-10-12(2)11-13/h2-11,13H2,1H3. The fourth-order valence-electron chi connectivity index (χ4n) is 1.43. The maximum absolute atomic E-state index is 5.45. The minimum absolute atomic E-state index is 0.663. The molecule has 1 nitrogen and oxygen atoms in total. The van der Waals surface area contributed by atoms with Crippen LogP contribution in [0.5, 0.6) is 0 Å². The molecular formula is C12H25N. The van der Waals surface area contributed by atoms with Gasteiger partial charge in [-0.05, 0) is 12.8 Å². The van der Waals surface area contributed by atoms with Gasteiger partial charge in [-0.2, -0.15) is 0 Å². The minimum atomic E-state index is 0.663. The van der Waals surface area contributed by atoms with Crippen molar-refractivity contribution in [1.82, 2.24) is 0 Å². The van der Waals surface area contributed by atoms with Crippen molar-refractivity contribution in [3.8, 4) is 0 Å². The molecule has 0 aromatic rings. The smallest absolute Gasteiger partial charge is 0.0134 e. The summed E-state index contributed by atoms with van der Waals surface area (Å²) in [5, 5.41) is 0. The molecule has 0 aliphatic rings. The van der Waals surface area contributed by atoms with Gasteiger partial charge in [-0.3, -0.25) is 0 Å². The van der Waals surface area contributed by atoms with Crippen molar-refractivity contribution < 1.29 is 0 Å². The lowest BCUT2D eigenvalue weighted by Gasteiger charge is -2.02. The molecule has 0 saturated heterocycles. The van der Waals surface area contributed by atoms with E-state index in [1.165, 1.54) is 50.5 Å². The highest BCUT2D eigenvalue weighted by molar-refractivity contribution is 4.94. The molecule has 0 amide bonds. The molecule has 2 N–H and O–H groups in total. The van der Waals surface area contributed by atoms with E-state index in [9.17, 15) is 0 Å². The van der Waals surface area contributed by atoms with E-state index < -0.39 is 0 Å². The number of nitrogens with two attached hydrogens (primary N) is 1. The van der Waals surface area contributed by atoms with Gasteiger partial charge in [0.15, 0.2) is 0 Å². The van der Waals surface area contributed by atoms with Crippen molar-refractivity contribution in [3.05, 3.63) is 12.2 Å². The molecule has 0 heterocycles. The molecule has 0 atom stereocenters. The summed E-state index contributed by atoms with van der Waals surface area (Å²) in [6.45, 7) is 6.81. The second-order valence-corrected chi connectivity index (χ2v) is 3.83. The lowest BCUT2D eigenvalue weighted by Crippen LogP contribution is -2.01. The molecule has 0 bridgehead atoms. The monoisotopic (exact) mass is 183 g/mol. The molecule has 0 aliphatic heterocycles. The Labute approximate surface area is 83.4 Å². The van der Waals surface area contributed by atoms with Crippen LogP contribution in [0, 0.1) is 0 Å². The Morgan fingerprint density at radius 2 is 1.54 bits per heavy atom. The first-order chi connectivity index (χ1) is 6.31. The van der Waals surface area contributed by atoms with Crippen LogP contribution in [0.25, 0.3) is 0 Å².